The molecular weight excluding hydrogens is 360 g/mol. The molecule has 6 nitrogen and oxygen atoms in total. The number of sulfonamides is 1. The second-order valence-corrected chi connectivity index (χ2v) is 8.43. The maximum absolute atomic E-state index is 12.7. The number of Topliss-reactive ketones (excluding diaryl/α,β-unsaturated/α-hetero) is 1. The molecule has 25 heavy (non-hydrogen) atoms. The predicted octanol–water partition coefficient (Wildman–Crippen LogP) is 2.13. The van der Waals surface area contributed by atoms with Crippen molar-refractivity contribution >= 4 is 33.1 Å². The zero-order valence-electron chi connectivity index (χ0n) is 13.4. The van der Waals surface area contributed by atoms with E-state index in [1.807, 2.05) is 18.2 Å². The third-order valence-corrected chi connectivity index (χ3v) is 6.25. The molecule has 1 amide bonds. The van der Waals surface area contributed by atoms with Crippen LogP contribution in [0.5, 0.6) is 0 Å². The van der Waals surface area contributed by atoms with Gasteiger partial charge in [-0.2, -0.15) is 0 Å². The Morgan fingerprint density at radius 3 is 2.56 bits per heavy atom. The molecule has 2 heterocycles. The Labute approximate surface area is 150 Å². The number of likely N-dealkylation sites (tertiary alicyclic amines) is 1. The van der Waals surface area contributed by atoms with Crippen LogP contribution in [0.2, 0.25) is 0 Å². The second-order valence-electron chi connectivity index (χ2n) is 5.98. The number of hydrogen-bond donors (Lipinski definition) is 1. The van der Waals surface area contributed by atoms with Gasteiger partial charge >= 0.3 is 0 Å². The van der Waals surface area contributed by atoms with Crippen LogP contribution in [-0.4, -0.2) is 38.1 Å². The molecule has 1 unspecified atom stereocenters. The molecule has 0 spiro atoms. The first kappa shape index (κ1) is 17.8. The van der Waals surface area contributed by atoms with E-state index in [1.165, 1.54) is 11.4 Å². The number of benzene rings is 1. The highest BCUT2D eigenvalue weighted by atomic mass is 32.2. The molecule has 1 saturated heterocycles. The molecule has 132 valence electrons. The first-order chi connectivity index (χ1) is 11.9. The summed E-state index contributed by atoms with van der Waals surface area (Å²) in [5, 5.41) is 6.71. The van der Waals surface area contributed by atoms with Crippen molar-refractivity contribution < 1.29 is 18.0 Å². The van der Waals surface area contributed by atoms with Crippen molar-refractivity contribution in [3.8, 4) is 0 Å². The van der Waals surface area contributed by atoms with Crippen molar-refractivity contribution in [3.05, 3.63) is 52.2 Å². The number of hydrogen-bond acceptors (Lipinski definition) is 5. The lowest BCUT2D eigenvalue weighted by Crippen LogP contribution is -2.42. The van der Waals surface area contributed by atoms with Crippen molar-refractivity contribution in [2.75, 3.05) is 13.1 Å². The Kier molecular flexibility index (Phi) is 5.03. The molecular formula is C17H18N2O4S2. The van der Waals surface area contributed by atoms with Gasteiger partial charge in [0.15, 0.2) is 5.78 Å². The third-order valence-electron chi connectivity index (χ3n) is 4.27. The van der Waals surface area contributed by atoms with Crippen LogP contribution in [-0.2, 0) is 10.0 Å². The minimum Gasteiger partial charge on any atom is -0.337 e. The molecule has 0 radical (unpaired) electrons. The maximum Gasteiger partial charge on any atom is 0.265 e. The molecule has 1 aromatic heterocycles. The number of rotatable bonds is 4. The van der Waals surface area contributed by atoms with Crippen molar-refractivity contribution in [1.82, 2.24) is 4.90 Å². The minimum absolute atomic E-state index is 0.0101. The SMILES string of the molecule is NS(=O)(=O)c1ccsc1C(=O)N1CCCC(C(=O)c2ccccc2)C1. The van der Waals surface area contributed by atoms with Crippen molar-refractivity contribution in [2.45, 2.75) is 17.7 Å². The van der Waals surface area contributed by atoms with E-state index in [2.05, 4.69) is 0 Å². The average molecular weight is 378 g/mol. The fraction of sp³-hybridized carbons (Fsp3) is 0.294. The monoisotopic (exact) mass is 378 g/mol. The Morgan fingerprint density at radius 2 is 1.88 bits per heavy atom. The lowest BCUT2D eigenvalue weighted by molar-refractivity contribution is 0.0638. The van der Waals surface area contributed by atoms with Gasteiger partial charge in [-0.25, -0.2) is 13.6 Å². The normalized spacial score (nSPS) is 18.1. The molecule has 0 bridgehead atoms. The maximum atomic E-state index is 12.7. The molecule has 3 rings (SSSR count). The standard InChI is InChI=1S/C17H18N2O4S2/c18-25(22,23)14-8-10-24-16(14)17(21)19-9-4-7-13(11-19)15(20)12-5-2-1-3-6-12/h1-3,5-6,8,10,13H,4,7,9,11H2,(H2,18,22,23). The minimum atomic E-state index is -3.95. The van der Waals surface area contributed by atoms with E-state index in [9.17, 15) is 18.0 Å². The van der Waals surface area contributed by atoms with Gasteiger partial charge in [-0.15, -0.1) is 11.3 Å². The van der Waals surface area contributed by atoms with Crippen LogP contribution in [0.15, 0.2) is 46.7 Å². The number of primary sulfonamides is 1. The molecule has 2 N–H and O–H groups in total. The highest BCUT2D eigenvalue weighted by molar-refractivity contribution is 7.89. The van der Waals surface area contributed by atoms with Gasteiger partial charge in [0.2, 0.25) is 10.0 Å². The summed E-state index contributed by atoms with van der Waals surface area (Å²) in [4.78, 5) is 26.9. The Balaban J connectivity index is 1.79. The van der Waals surface area contributed by atoms with Crippen LogP contribution in [0.3, 0.4) is 0 Å². The van der Waals surface area contributed by atoms with Crippen LogP contribution in [0.4, 0.5) is 0 Å². The molecule has 1 aliphatic heterocycles. The summed E-state index contributed by atoms with van der Waals surface area (Å²) >= 11 is 1.05. The lowest BCUT2D eigenvalue weighted by atomic mass is 9.90. The summed E-state index contributed by atoms with van der Waals surface area (Å²) in [5.74, 6) is -0.654. The van der Waals surface area contributed by atoms with E-state index in [4.69, 9.17) is 5.14 Å². The van der Waals surface area contributed by atoms with Gasteiger partial charge in [0.1, 0.15) is 9.77 Å². The first-order valence-corrected chi connectivity index (χ1v) is 10.3. The summed E-state index contributed by atoms with van der Waals surface area (Å²) in [6.07, 6.45) is 1.41. The van der Waals surface area contributed by atoms with Gasteiger partial charge in [-0.3, -0.25) is 9.59 Å². The van der Waals surface area contributed by atoms with E-state index in [0.717, 1.165) is 11.3 Å². The Bertz CT molecular complexity index is 890. The molecule has 1 aromatic carbocycles. The predicted molar refractivity (Wildman–Crippen MR) is 95.1 cm³/mol. The fourth-order valence-corrected chi connectivity index (χ4v) is 4.97. The summed E-state index contributed by atoms with van der Waals surface area (Å²) < 4.78 is 23.2. The van der Waals surface area contributed by atoms with E-state index in [1.54, 1.807) is 17.0 Å². The first-order valence-electron chi connectivity index (χ1n) is 7.87. The number of carbonyl (C=O) groups is 2. The number of carbonyl (C=O) groups excluding carboxylic acids is 2. The van der Waals surface area contributed by atoms with Crippen LogP contribution < -0.4 is 5.14 Å². The van der Waals surface area contributed by atoms with Crippen LogP contribution in [0, 0.1) is 5.92 Å². The largest absolute Gasteiger partial charge is 0.337 e. The zero-order valence-corrected chi connectivity index (χ0v) is 15.1. The summed E-state index contributed by atoms with van der Waals surface area (Å²) in [7, 11) is -3.95. The van der Waals surface area contributed by atoms with E-state index >= 15 is 0 Å². The Morgan fingerprint density at radius 1 is 1.16 bits per heavy atom. The lowest BCUT2D eigenvalue weighted by Gasteiger charge is -2.32. The second kappa shape index (κ2) is 7.07. The van der Waals surface area contributed by atoms with Crippen LogP contribution in [0.25, 0.3) is 0 Å². The smallest absolute Gasteiger partial charge is 0.265 e. The molecule has 1 atom stereocenters. The van der Waals surface area contributed by atoms with Crippen LogP contribution >= 0.6 is 11.3 Å². The highest BCUT2D eigenvalue weighted by Crippen LogP contribution is 2.26. The summed E-state index contributed by atoms with van der Waals surface area (Å²) in [5.41, 5.74) is 0.628. The fourth-order valence-electron chi connectivity index (χ4n) is 3.03. The van der Waals surface area contributed by atoms with Gasteiger partial charge in [-0.1, -0.05) is 30.3 Å². The molecule has 8 heteroatoms. The number of ketones is 1. The average Bonchev–Trinajstić information content (AvgIpc) is 3.11. The topological polar surface area (TPSA) is 97.5 Å². The molecule has 0 saturated carbocycles. The quantitative estimate of drug-likeness (QED) is 0.824. The van der Waals surface area contributed by atoms with Gasteiger partial charge in [0.05, 0.1) is 0 Å². The number of piperidine rings is 1. The van der Waals surface area contributed by atoms with Gasteiger partial charge in [0.25, 0.3) is 5.91 Å². The van der Waals surface area contributed by atoms with Gasteiger partial charge < -0.3 is 4.90 Å². The molecule has 1 aliphatic rings. The van der Waals surface area contributed by atoms with E-state index < -0.39 is 10.0 Å². The highest BCUT2D eigenvalue weighted by Gasteiger charge is 2.32. The number of amides is 1. The van der Waals surface area contributed by atoms with E-state index in [-0.39, 0.29) is 33.9 Å². The van der Waals surface area contributed by atoms with Crippen LogP contribution in [0.1, 0.15) is 32.9 Å². The number of nitrogens with two attached hydrogens (primary N) is 1. The molecule has 2 aromatic rings. The summed E-state index contributed by atoms with van der Waals surface area (Å²) in [6, 6.07) is 10.3. The zero-order chi connectivity index (χ0) is 18.0. The Hall–Kier alpha value is -2.03. The van der Waals surface area contributed by atoms with Crippen molar-refractivity contribution in [1.29, 1.82) is 0 Å². The summed E-state index contributed by atoms with van der Waals surface area (Å²) in [6.45, 7) is 0.786. The van der Waals surface area contributed by atoms with Crippen molar-refractivity contribution in [2.24, 2.45) is 11.1 Å². The molecule has 0 aliphatic carbocycles. The van der Waals surface area contributed by atoms with Gasteiger partial charge in [0, 0.05) is 24.6 Å². The van der Waals surface area contributed by atoms with Gasteiger partial charge in [-0.05, 0) is 24.3 Å². The number of thiophene rings is 1. The van der Waals surface area contributed by atoms with E-state index in [0.29, 0.717) is 24.9 Å². The van der Waals surface area contributed by atoms with Crippen molar-refractivity contribution in [3.63, 3.8) is 0 Å². The third kappa shape index (κ3) is 3.81. The number of nitrogens with zero attached hydrogens (tertiary/aromatic N) is 1. The molecule has 1 fully saturated rings.